The first-order valence-corrected chi connectivity index (χ1v) is 11.4. The Hall–Kier alpha value is -2.98. The van der Waals surface area contributed by atoms with E-state index >= 15 is 0 Å². The fourth-order valence-electron chi connectivity index (χ4n) is 4.04. The summed E-state index contributed by atoms with van der Waals surface area (Å²) in [5, 5.41) is 2.32. The van der Waals surface area contributed by atoms with Gasteiger partial charge in [0.2, 0.25) is 17.7 Å². The Morgan fingerprint density at radius 3 is 2.73 bits per heavy atom. The van der Waals surface area contributed by atoms with E-state index in [1.54, 1.807) is 19.0 Å². The summed E-state index contributed by atoms with van der Waals surface area (Å²) >= 11 is 0. The summed E-state index contributed by atoms with van der Waals surface area (Å²) in [6.45, 7) is 2.11. The van der Waals surface area contributed by atoms with Crippen LogP contribution in [0.15, 0.2) is 23.0 Å². The van der Waals surface area contributed by atoms with Crippen molar-refractivity contribution >= 4 is 28.8 Å². The van der Waals surface area contributed by atoms with Gasteiger partial charge in [-0.3, -0.25) is 28.8 Å². The number of imide groups is 1. The summed E-state index contributed by atoms with van der Waals surface area (Å²) in [5.41, 5.74) is 7.65. The molecule has 1 atom stereocenters. The highest BCUT2D eigenvalue weighted by atomic mass is 16.5. The van der Waals surface area contributed by atoms with Crippen molar-refractivity contribution in [2.45, 2.75) is 44.6 Å². The van der Waals surface area contributed by atoms with Gasteiger partial charge in [0.05, 0.1) is 17.6 Å². The first-order chi connectivity index (χ1) is 15.8. The number of carbonyl (C=O) groups excluding carboxylic acids is 3. The predicted octanol–water partition coefficient (Wildman–Crippen LogP) is 0.464. The molecule has 2 heterocycles. The average molecular weight is 460 g/mol. The summed E-state index contributed by atoms with van der Waals surface area (Å²) in [6, 6.07) is 5.09. The highest BCUT2D eigenvalue weighted by Crippen LogP contribution is 2.24. The number of nitrogens with zero attached hydrogens (tertiary/aromatic N) is 3. The SMILES string of the molecule is CN(CCOCCCc1ccc2c(c1)n(C)c(=O)n2C1CCC(=O)NC1=O)C(=O)CCCN. The first kappa shape index (κ1) is 24.7. The molecule has 0 bridgehead atoms. The van der Waals surface area contributed by atoms with Crippen LogP contribution in [0.3, 0.4) is 0 Å². The van der Waals surface area contributed by atoms with Crippen LogP contribution in [0.1, 0.15) is 43.7 Å². The minimum Gasteiger partial charge on any atom is -0.380 e. The van der Waals surface area contributed by atoms with E-state index in [0.29, 0.717) is 51.1 Å². The number of imidazole rings is 1. The number of nitrogens with one attached hydrogen (secondary N) is 1. The lowest BCUT2D eigenvalue weighted by Crippen LogP contribution is -2.44. The molecular formula is C23H33N5O5. The molecule has 0 saturated carbocycles. The topological polar surface area (TPSA) is 129 Å². The molecule has 0 aliphatic carbocycles. The molecule has 1 saturated heterocycles. The van der Waals surface area contributed by atoms with Crippen LogP contribution < -0.4 is 16.7 Å². The van der Waals surface area contributed by atoms with Gasteiger partial charge in [0.25, 0.3) is 0 Å². The summed E-state index contributed by atoms with van der Waals surface area (Å²) in [6.07, 6.45) is 3.27. The maximum Gasteiger partial charge on any atom is 0.329 e. The number of ether oxygens (including phenoxy) is 1. The number of aryl methyl sites for hydroxylation is 2. The summed E-state index contributed by atoms with van der Waals surface area (Å²) in [5.74, 6) is -0.667. The van der Waals surface area contributed by atoms with Crippen molar-refractivity contribution in [2.24, 2.45) is 12.8 Å². The van der Waals surface area contributed by atoms with Crippen LogP contribution in [0.5, 0.6) is 0 Å². The largest absolute Gasteiger partial charge is 0.380 e. The van der Waals surface area contributed by atoms with E-state index in [-0.39, 0.29) is 23.9 Å². The standard InChI is InChI=1S/C23H33N5O5/c1-26(21(30)6-3-11-24)12-14-33-13-4-5-16-7-8-17-19(15-16)27(2)23(32)28(17)18-9-10-20(29)25-22(18)31/h7-8,15,18H,3-6,9-14,24H2,1-2H3,(H,25,29,31). The van der Waals surface area contributed by atoms with Crippen LogP contribution >= 0.6 is 0 Å². The lowest BCUT2D eigenvalue weighted by Gasteiger charge is -2.21. The number of aromatic nitrogens is 2. The minimum absolute atomic E-state index is 0.0761. The third kappa shape index (κ3) is 5.88. The van der Waals surface area contributed by atoms with Gasteiger partial charge in [-0.2, -0.15) is 0 Å². The van der Waals surface area contributed by atoms with Crippen molar-refractivity contribution in [3.63, 3.8) is 0 Å². The van der Waals surface area contributed by atoms with Gasteiger partial charge in [-0.05, 0) is 49.9 Å². The number of fused-ring (bicyclic) bond motifs is 1. The Labute approximate surface area is 192 Å². The number of hydrogen-bond donors (Lipinski definition) is 2. The van der Waals surface area contributed by atoms with Gasteiger partial charge < -0.3 is 15.4 Å². The Morgan fingerprint density at radius 1 is 1.21 bits per heavy atom. The molecule has 3 rings (SSSR count). The number of nitrogens with two attached hydrogens (primary N) is 1. The Bertz CT molecular complexity index is 1070. The second kappa shape index (κ2) is 11.2. The lowest BCUT2D eigenvalue weighted by molar-refractivity contribution is -0.135. The van der Waals surface area contributed by atoms with Gasteiger partial charge >= 0.3 is 5.69 Å². The molecule has 1 aromatic carbocycles. The van der Waals surface area contributed by atoms with E-state index in [4.69, 9.17) is 10.5 Å². The maximum absolute atomic E-state index is 12.8. The zero-order chi connectivity index (χ0) is 24.0. The fourth-order valence-corrected chi connectivity index (χ4v) is 4.04. The third-order valence-electron chi connectivity index (χ3n) is 6.02. The summed E-state index contributed by atoms with van der Waals surface area (Å²) < 4.78 is 8.68. The average Bonchev–Trinajstić information content (AvgIpc) is 3.04. The number of carbonyl (C=O) groups is 3. The highest BCUT2D eigenvalue weighted by Gasteiger charge is 2.31. The van der Waals surface area contributed by atoms with Crippen molar-refractivity contribution in [3.05, 3.63) is 34.2 Å². The van der Waals surface area contributed by atoms with Crippen molar-refractivity contribution in [1.82, 2.24) is 19.4 Å². The van der Waals surface area contributed by atoms with Gasteiger partial charge in [-0.1, -0.05) is 6.07 Å². The number of piperidine rings is 1. The number of rotatable bonds is 11. The molecule has 1 unspecified atom stereocenters. The molecule has 3 amide bonds. The van der Waals surface area contributed by atoms with Crippen molar-refractivity contribution in [3.8, 4) is 0 Å². The van der Waals surface area contributed by atoms with Crippen molar-refractivity contribution < 1.29 is 19.1 Å². The minimum atomic E-state index is -0.682. The monoisotopic (exact) mass is 459 g/mol. The number of likely N-dealkylation sites (N-methyl/N-ethyl adjacent to an activating group) is 1. The molecule has 33 heavy (non-hydrogen) atoms. The van der Waals surface area contributed by atoms with Crippen molar-refractivity contribution in [2.75, 3.05) is 33.4 Å². The second-order valence-electron chi connectivity index (χ2n) is 8.43. The van der Waals surface area contributed by atoms with Crippen molar-refractivity contribution in [1.29, 1.82) is 0 Å². The van der Waals surface area contributed by atoms with Gasteiger partial charge in [0.1, 0.15) is 6.04 Å². The molecule has 10 heteroatoms. The Morgan fingerprint density at radius 2 is 2.00 bits per heavy atom. The molecule has 1 aromatic heterocycles. The highest BCUT2D eigenvalue weighted by molar-refractivity contribution is 6.00. The quantitative estimate of drug-likeness (QED) is 0.371. The molecular weight excluding hydrogens is 426 g/mol. The Balaban J connectivity index is 1.54. The van der Waals surface area contributed by atoms with Crippen LogP contribution in [-0.2, 0) is 32.6 Å². The fraction of sp³-hybridized carbons (Fsp3) is 0.565. The summed E-state index contributed by atoms with van der Waals surface area (Å²) in [7, 11) is 3.45. The lowest BCUT2D eigenvalue weighted by atomic mass is 10.1. The summed E-state index contributed by atoms with van der Waals surface area (Å²) in [4.78, 5) is 50.1. The molecule has 10 nitrogen and oxygen atoms in total. The van der Waals surface area contributed by atoms with E-state index in [9.17, 15) is 19.2 Å². The van der Waals surface area contributed by atoms with E-state index < -0.39 is 11.9 Å². The molecule has 0 spiro atoms. The predicted molar refractivity (Wildman–Crippen MR) is 124 cm³/mol. The number of amides is 3. The maximum atomic E-state index is 12.8. The molecule has 1 aliphatic rings. The zero-order valence-corrected chi connectivity index (χ0v) is 19.3. The smallest absolute Gasteiger partial charge is 0.329 e. The van der Waals surface area contributed by atoms with Gasteiger partial charge in [0.15, 0.2) is 0 Å². The molecule has 180 valence electrons. The van der Waals surface area contributed by atoms with Gasteiger partial charge in [-0.25, -0.2) is 4.79 Å². The normalized spacial score (nSPS) is 16.3. The third-order valence-corrected chi connectivity index (χ3v) is 6.02. The van der Waals surface area contributed by atoms with Crippen LogP contribution in [0.2, 0.25) is 0 Å². The molecule has 3 N–H and O–H groups in total. The molecule has 1 fully saturated rings. The van der Waals surface area contributed by atoms with E-state index in [1.807, 2.05) is 18.2 Å². The van der Waals surface area contributed by atoms with Crippen LogP contribution in [0.25, 0.3) is 11.0 Å². The zero-order valence-electron chi connectivity index (χ0n) is 19.3. The van der Waals surface area contributed by atoms with Gasteiger partial charge in [-0.15, -0.1) is 0 Å². The van der Waals surface area contributed by atoms with Crippen LogP contribution in [-0.4, -0.2) is 65.1 Å². The van der Waals surface area contributed by atoms with Gasteiger partial charge in [0, 0.05) is 40.1 Å². The molecule has 2 aromatic rings. The first-order valence-electron chi connectivity index (χ1n) is 11.4. The Kier molecular flexibility index (Phi) is 8.40. The van der Waals surface area contributed by atoms with E-state index in [1.165, 1.54) is 9.13 Å². The second-order valence-corrected chi connectivity index (χ2v) is 8.43. The van der Waals surface area contributed by atoms with Crippen LogP contribution in [0.4, 0.5) is 0 Å². The number of hydrogen-bond acceptors (Lipinski definition) is 6. The van der Waals surface area contributed by atoms with Crippen LogP contribution in [0, 0.1) is 0 Å². The van der Waals surface area contributed by atoms with E-state index in [2.05, 4.69) is 5.32 Å². The number of benzene rings is 1. The molecule has 0 radical (unpaired) electrons. The van der Waals surface area contributed by atoms with E-state index in [0.717, 1.165) is 23.9 Å². The molecule has 1 aliphatic heterocycles.